The topological polar surface area (TPSA) is 102 Å². The van der Waals surface area contributed by atoms with Crippen molar-refractivity contribution in [2.75, 3.05) is 32.6 Å². The first-order valence-corrected chi connectivity index (χ1v) is 9.56. The first kappa shape index (κ1) is 20.9. The van der Waals surface area contributed by atoms with Gasteiger partial charge in [-0.1, -0.05) is 6.42 Å². The summed E-state index contributed by atoms with van der Waals surface area (Å²) >= 11 is 0.997. The standard InChI is InChI=1S/C18H24N2O6S/c1-5-25-18(24)13-10(2)14(16(22)20(3)4)27-15(13)19-12(21)9-26-17(23)11-7-6-8-11/h11H,5-9H2,1-4H3,(H,19,21). The van der Waals surface area contributed by atoms with E-state index < -0.39 is 18.5 Å². The fourth-order valence-corrected chi connectivity index (χ4v) is 3.75. The quantitative estimate of drug-likeness (QED) is 0.709. The minimum Gasteiger partial charge on any atom is -0.462 e. The number of esters is 2. The van der Waals surface area contributed by atoms with Gasteiger partial charge in [-0.2, -0.15) is 0 Å². The number of nitrogens with one attached hydrogen (secondary N) is 1. The Morgan fingerprint density at radius 3 is 2.37 bits per heavy atom. The van der Waals surface area contributed by atoms with E-state index in [-0.39, 0.29) is 35.0 Å². The first-order chi connectivity index (χ1) is 12.8. The van der Waals surface area contributed by atoms with Crippen LogP contribution in [0.3, 0.4) is 0 Å². The van der Waals surface area contributed by atoms with E-state index in [0.29, 0.717) is 10.4 Å². The van der Waals surface area contributed by atoms with Gasteiger partial charge in [-0.25, -0.2) is 4.79 Å². The number of carbonyl (C=O) groups is 4. The largest absolute Gasteiger partial charge is 0.462 e. The van der Waals surface area contributed by atoms with E-state index in [0.717, 1.165) is 30.6 Å². The molecule has 1 fully saturated rings. The lowest BCUT2D eigenvalue weighted by molar-refractivity contribution is -0.154. The summed E-state index contributed by atoms with van der Waals surface area (Å²) in [5.41, 5.74) is 0.588. The summed E-state index contributed by atoms with van der Waals surface area (Å²) in [5, 5.41) is 2.78. The third kappa shape index (κ3) is 4.85. The molecule has 2 amide bonds. The second kappa shape index (κ2) is 8.98. The van der Waals surface area contributed by atoms with Crippen molar-refractivity contribution in [3.63, 3.8) is 0 Å². The third-order valence-electron chi connectivity index (χ3n) is 4.26. The highest BCUT2D eigenvalue weighted by Gasteiger charge is 2.29. The van der Waals surface area contributed by atoms with E-state index in [2.05, 4.69) is 5.32 Å². The Balaban J connectivity index is 2.16. The van der Waals surface area contributed by atoms with Gasteiger partial charge in [-0.15, -0.1) is 11.3 Å². The van der Waals surface area contributed by atoms with E-state index in [1.807, 2.05) is 0 Å². The molecule has 0 aliphatic heterocycles. The fourth-order valence-electron chi connectivity index (χ4n) is 2.52. The second-order valence-corrected chi connectivity index (χ2v) is 7.48. The maximum Gasteiger partial charge on any atom is 0.341 e. The predicted molar refractivity (Wildman–Crippen MR) is 100.0 cm³/mol. The molecule has 148 valence electrons. The molecule has 1 aliphatic rings. The monoisotopic (exact) mass is 396 g/mol. The lowest BCUT2D eigenvalue weighted by Gasteiger charge is -2.22. The zero-order valence-electron chi connectivity index (χ0n) is 15.9. The van der Waals surface area contributed by atoms with Gasteiger partial charge >= 0.3 is 11.9 Å². The van der Waals surface area contributed by atoms with E-state index in [1.165, 1.54) is 4.90 Å². The Hall–Kier alpha value is -2.42. The molecule has 2 rings (SSSR count). The Morgan fingerprint density at radius 1 is 1.19 bits per heavy atom. The number of hydrogen-bond acceptors (Lipinski definition) is 7. The minimum absolute atomic E-state index is 0.124. The SMILES string of the molecule is CCOC(=O)c1c(NC(=O)COC(=O)C2CCC2)sc(C(=O)N(C)C)c1C. The lowest BCUT2D eigenvalue weighted by atomic mass is 9.86. The average Bonchev–Trinajstić information content (AvgIpc) is 2.86. The third-order valence-corrected chi connectivity index (χ3v) is 5.46. The molecule has 0 aromatic carbocycles. The highest BCUT2D eigenvalue weighted by Crippen LogP contribution is 2.34. The maximum absolute atomic E-state index is 12.3. The second-order valence-electron chi connectivity index (χ2n) is 6.46. The van der Waals surface area contributed by atoms with E-state index in [1.54, 1.807) is 27.9 Å². The summed E-state index contributed by atoms with van der Waals surface area (Å²) in [5.74, 6) is -1.97. The number of carbonyl (C=O) groups excluding carboxylic acids is 4. The number of ether oxygens (including phenoxy) is 2. The highest BCUT2D eigenvalue weighted by molar-refractivity contribution is 7.18. The summed E-state index contributed by atoms with van der Waals surface area (Å²) in [6, 6.07) is 0. The zero-order chi connectivity index (χ0) is 20.1. The van der Waals surface area contributed by atoms with Crippen molar-refractivity contribution in [3.8, 4) is 0 Å². The van der Waals surface area contributed by atoms with Crippen LogP contribution in [0.5, 0.6) is 0 Å². The van der Waals surface area contributed by atoms with Gasteiger partial charge in [0.25, 0.3) is 11.8 Å². The summed E-state index contributed by atoms with van der Waals surface area (Å²) in [4.78, 5) is 50.3. The maximum atomic E-state index is 12.3. The molecule has 1 aromatic rings. The number of thiophene rings is 1. The van der Waals surface area contributed by atoms with Gasteiger partial charge in [0.1, 0.15) is 5.00 Å². The highest BCUT2D eigenvalue weighted by atomic mass is 32.1. The van der Waals surface area contributed by atoms with Crippen LogP contribution in [-0.2, 0) is 19.1 Å². The molecule has 0 saturated heterocycles. The van der Waals surface area contributed by atoms with Crippen molar-refractivity contribution >= 4 is 40.1 Å². The lowest BCUT2D eigenvalue weighted by Crippen LogP contribution is -2.28. The van der Waals surface area contributed by atoms with Crippen molar-refractivity contribution in [1.82, 2.24) is 4.90 Å². The van der Waals surface area contributed by atoms with Crippen molar-refractivity contribution in [2.24, 2.45) is 5.92 Å². The molecular formula is C18H24N2O6S. The molecule has 0 unspecified atom stereocenters. The fraction of sp³-hybridized carbons (Fsp3) is 0.556. The zero-order valence-corrected chi connectivity index (χ0v) is 16.7. The molecular weight excluding hydrogens is 372 g/mol. The molecule has 0 atom stereocenters. The molecule has 9 heteroatoms. The van der Waals surface area contributed by atoms with Gasteiger partial charge in [0, 0.05) is 14.1 Å². The predicted octanol–water partition coefficient (Wildman–Crippen LogP) is 2.22. The smallest absolute Gasteiger partial charge is 0.341 e. The van der Waals surface area contributed by atoms with Crippen LogP contribution in [0.25, 0.3) is 0 Å². The molecule has 1 saturated carbocycles. The normalized spacial score (nSPS) is 13.5. The minimum atomic E-state index is -0.620. The van der Waals surface area contributed by atoms with Crippen molar-refractivity contribution in [3.05, 3.63) is 16.0 Å². The van der Waals surface area contributed by atoms with Gasteiger partial charge < -0.3 is 19.7 Å². The molecule has 0 spiro atoms. The van der Waals surface area contributed by atoms with Crippen LogP contribution in [0, 0.1) is 12.8 Å². The van der Waals surface area contributed by atoms with Gasteiger partial charge in [-0.05, 0) is 32.3 Å². The van der Waals surface area contributed by atoms with E-state index in [4.69, 9.17) is 9.47 Å². The number of amides is 2. The average molecular weight is 396 g/mol. The Kier molecular flexibility index (Phi) is 6.95. The van der Waals surface area contributed by atoms with Crippen LogP contribution >= 0.6 is 11.3 Å². The number of hydrogen-bond donors (Lipinski definition) is 1. The van der Waals surface area contributed by atoms with Crippen molar-refractivity contribution in [2.45, 2.75) is 33.1 Å². The first-order valence-electron chi connectivity index (χ1n) is 8.74. The van der Waals surface area contributed by atoms with Crippen LogP contribution in [0.4, 0.5) is 5.00 Å². The molecule has 8 nitrogen and oxygen atoms in total. The summed E-state index contributed by atoms with van der Waals surface area (Å²) in [7, 11) is 3.20. The van der Waals surface area contributed by atoms with Gasteiger partial charge in [0.15, 0.2) is 6.61 Å². The Bertz CT molecular complexity index is 751. The van der Waals surface area contributed by atoms with Gasteiger partial charge in [0.2, 0.25) is 0 Å². The Morgan fingerprint density at radius 2 is 1.85 bits per heavy atom. The van der Waals surface area contributed by atoms with Crippen LogP contribution in [0.2, 0.25) is 0 Å². The number of nitrogens with zero attached hydrogens (tertiary/aromatic N) is 1. The molecule has 1 N–H and O–H groups in total. The Labute approximate surface area is 161 Å². The van der Waals surface area contributed by atoms with Crippen LogP contribution in [-0.4, -0.2) is 56.0 Å². The molecule has 1 heterocycles. The van der Waals surface area contributed by atoms with E-state index >= 15 is 0 Å². The van der Waals surface area contributed by atoms with Gasteiger partial charge in [-0.3, -0.25) is 14.4 Å². The van der Waals surface area contributed by atoms with Gasteiger partial charge in [0.05, 0.1) is 23.0 Å². The van der Waals surface area contributed by atoms with Crippen LogP contribution < -0.4 is 5.32 Å². The summed E-state index contributed by atoms with van der Waals surface area (Å²) in [6.45, 7) is 3.03. The molecule has 1 aliphatic carbocycles. The number of rotatable bonds is 7. The summed E-state index contributed by atoms with van der Waals surface area (Å²) in [6.07, 6.45) is 2.56. The number of anilines is 1. The van der Waals surface area contributed by atoms with Crippen molar-refractivity contribution in [1.29, 1.82) is 0 Å². The van der Waals surface area contributed by atoms with Crippen molar-refractivity contribution < 1.29 is 28.7 Å². The molecule has 0 bridgehead atoms. The summed E-state index contributed by atoms with van der Waals surface area (Å²) < 4.78 is 10.1. The molecule has 1 aromatic heterocycles. The molecule has 0 radical (unpaired) electrons. The van der Waals surface area contributed by atoms with Crippen LogP contribution in [0.1, 0.15) is 51.8 Å². The van der Waals surface area contributed by atoms with E-state index in [9.17, 15) is 19.2 Å². The van der Waals surface area contributed by atoms with Crippen LogP contribution in [0.15, 0.2) is 0 Å². The molecule has 27 heavy (non-hydrogen) atoms.